The van der Waals surface area contributed by atoms with E-state index in [1.54, 1.807) is 0 Å². The van der Waals surface area contributed by atoms with Crippen LogP contribution in [0.1, 0.15) is 41.0 Å². The first-order chi connectivity index (χ1) is 8.36. The topological polar surface area (TPSA) is 38.3 Å². The number of carbonyl (C=O) groups is 1. The first-order valence-corrected chi connectivity index (χ1v) is 7.42. The molecule has 1 aliphatic rings. The Labute approximate surface area is 116 Å². The summed E-state index contributed by atoms with van der Waals surface area (Å²) < 4.78 is 5.71. The monoisotopic (exact) mass is 275 g/mol. The lowest BCUT2D eigenvalue weighted by atomic mass is 9.88. The molecule has 0 spiro atoms. The summed E-state index contributed by atoms with van der Waals surface area (Å²) in [7, 11) is 0. The van der Waals surface area contributed by atoms with Crippen molar-refractivity contribution in [3.63, 3.8) is 0 Å². The Balaban J connectivity index is 2.58. The lowest BCUT2D eigenvalue weighted by Gasteiger charge is -2.23. The highest BCUT2D eigenvalue weighted by Gasteiger charge is 2.41. The second-order valence-corrected chi connectivity index (χ2v) is 6.23. The van der Waals surface area contributed by atoms with Gasteiger partial charge in [0.25, 0.3) is 0 Å². The summed E-state index contributed by atoms with van der Waals surface area (Å²) in [4.78, 5) is 12.3. The standard InChI is InChI=1S/C14H26ClNO2/c1-8(2)6-12(7-15)16-14(17)13-9(3)10(4)18-11(13)5/h8-13H,6-7H2,1-5H3,(H,16,17). The quantitative estimate of drug-likeness (QED) is 0.784. The summed E-state index contributed by atoms with van der Waals surface area (Å²) in [6.07, 6.45) is 1.06. The Morgan fingerprint density at radius 2 is 1.89 bits per heavy atom. The molecule has 3 nitrogen and oxygen atoms in total. The van der Waals surface area contributed by atoms with Gasteiger partial charge in [0, 0.05) is 11.9 Å². The van der Waals surface area contributed by atoms with Crippen LogP contribution < -0.4 is 5.32 Å². The molecule has 106 valence electrons. The summed E-state index contributed by atoms with van der Waals surface area (Å²) in [5.41, 5.74) is 0. The largest absolute Gasteiger partial charge is 0.374 e. The number of alkyl halides is 1. The molecule has 1 aliphatic heterocycles. The number of amides is 1. The maximum Gasteiger partial charge on any atom is 0.226 e. The second-order valence-electron chi connectivity index (χ2n) is 5.92. The predicted octanol–water partition coefficient (Wildman–Crippen LogP) is 2.82. The van der Waals surface area contributed by atoms with Crippen LogP contribution in [0.25, 0.3) is 0 Å². The van der Waals surface area contributed by atoms with E-state index < -0.39 is 0 Å². The first-order valence-electron chi connectivity index (χ1n) is 6.88. The van der Waals surface area contributed by atoms with Crippen LogP contribution in [0.2, 0.25) is 0 Å². The molecular formula is C14H26ClNO2. The maximum absolute atomic E-state index is 12.3. The Kier molecular flexibility index (Phi) is 5.93. The Morgan fingerprint density at radius 3 is 2.28 bits per heavy atom. The molecule has 0 aromatic rings. The molecule has 18 heavy (non-hydrogen) atoms. The fourth-order valence-corrected chi connectivity index (χ4v) is 2.95. The fourth-order valence-electron chi connectivity index (χ4n) is 2.75. The lowest BCUT2D eigenvalue weighted by molar-refractivity contribution is -0.127. The van der Waals surface area contributed by atoms with Crippen molar-refractivity contribution in [3.05, 3.63) is 0 Å². The van der Waals surface area contributed by atoms with Crippen LogP contribution in [0.3, 0.4) is 0 Å². The molecule has 1 amide bonds. The summed E-state index contributed by atoms with van der Waals surface area (Å²) in [5, 5.41) is 3.07. The minimum atomic E-state index is -0.0575. The van der Waals surface area contributed by atoms with Crippen LogP contribution in [0.5, 0.6) is 0 Å². The van der Waals surface area contributed by atoms with Gasteiger partial charge in [-0.1, -0.05) is 20.8 Å². The Bertz CT molecular complexity index is 283. The smallest absolute Gasteiger partial charge is 0.226 e. The van der Waals surface area contributed by atoms with E-state index >= 15 is 0 Å². The highest BCUT2D eigenvalue weighted by molar-refractivity contribution is 6.18. The minimum Gasteiger partial charge on any atom is -0.374 e. The van der Waals surface area contributed by atoms with Gasteiger partial charge in [-0.2, -0.15) is 0 Å². The molecule has 1 N–H and O–H groups in total. The van der Waals surface area contributed by atoms with Crippen LogP contribution in [0.4, 0.5) is 0 Å². The third kappa shape index (κ3) is 3.86. The molecule has 5 unspecified atom stereocenters. The van der Waals surface area contributed by atoms with E-state index in [4.69, 9.17) is 16.3 Å². The van der Waals surface area contributed by atoms with Crippen LogP contribution in [-0.4, -0.2) is 30.0 Å². The number of hydrogen-bond acceptors (Lipinski definition) is 2. The fraction of sp³-hybridized carbons (Fsp3) is 0.929. The number of hydrogen-bond donors (Lipinski definition) is 1. The van der Waals surface area contributed by atoms with E-state index in [0.717, 1.165) is 6.42 Å². The molecule has 0 bridgehead atoms. The molecule has 5 atom stereocenters. The highest BCUT2D eigenvalue weighted by atomic mass is 35.5. The molecule has 0 aromatic heterocycles. The summed E-state index contributed by atoms with van der Waals surface area (Å²) in [6, 6.07) is 0.0643. The molecule has 0 saturated carbocycles. The first kappa shape index (κ1) is 15.8. The number of carbonyl (C=O) groups excluding carboxylic acids is 1. The van der Waals surface area contributed by atoms with Crippen LogP contribution >= 0.6 is 11.6 Å². The number of ether oxygens (including phenoxy) is 1. The van der Waals surface area contributed by atoms with E-state index in [9.17, 15) is 4.79 Å². The Hall–Kier alpha value is -0.280. The van der Waals surface area contributed by atoms with Gasteiger partial charge < -0.3 is 10.1 Å². The molecule has 4 heteroatoms. The van der Waals surface area contributed by atoms with Gasteiger partial charge in [0.2, 0.25) is 5.91 Å². The van der Waals surface area contributed by atoms with Crippen molar-refractivity contribution in [2.45, 2.75) is 59.3 Å². The zero-order valence-corrected chi connectivity index (χ0v) is 12.8. The predicted molar refractivity (Wildman–Crippen MR) is 74.8 cm³/mol. The summed E-state index contributed by atoms with van der Waals surface area (Å²) >= 11 is 5.92. The molecule has 1 saturated heterocycles. The third-order valence-electron chi connectivity index (χ3n) is 3.83. The van der Waals surface area contributed by atoms with Crippen molar-refractivity contribution in [2.24, 2.45) is 17.8 Å². The van der Waals surface area contributed by atoms with Crippen molar-refractivity contribution in [3.8, 4) is 0 Å². The average Bonchev–Trinajstić information content (AvgIpc) is 2.51. The zero-order chi connectivity index (χ0) is 13.9. The normalized spacial score (nSPS) is 33.7. The number of nitrogens with one attached hydrogen (secondary N) is 1. The Morgan fingerprint density at radius 1 is 1.28 bits per heavy atom. The van der Waals surface area contributed by atoms with Gasteiger partial charge in [0.1, 0.15) is 0 Å². The third-order valence-corrected chi connectivity index (χ3v) is 4.21. The van der Waals surface area contributed by atoms with Crippen molar-refractivity contribution in [1.29, 1.82) is 0 Å². The molecular weight excluding hydrogens is 250 g/mol. The number of halogens is 1. The van der Waals surface area contributed by atoms with Gasteiger partial charge >= 0.3 is 0 Å². The molecule has 0 aliphatic carbocycles. The number of rotatable bonds is 5. The van der Waals surface area contributed by atoms with Gasteiger partial charge in [0.15, 0.2) is 0 Å². The van der Waals surface area contributed by atoms with Crippen molar-refractivity contribution < 1.29 is 9.53 Å². The van der Waals surface area contributed by atoms with E-state index in [1.807, 2.05) is 13.8 Å². The molecule has 1 fully saturated rings. The van der Waals surface area contributed by atoms with Crippen LogP contribution in [-0.2, 0) is 9.53 Å². The van der Waals surface area contributed by atoms with Crippen LogP contribution in [0.15, 0.2) is 0 Å². The van der Waals surface area contributed by atoms with Crippen molar-refractivity contribution in [2.75, 3.05) is 5.88 Å². The molecule has 1 heterocycles. The molecule has 0 radical (unpaired) electrons. The van der Waals surface area contributed by atoms with Gasteiger partial charge in [-0.05, 0) is 32.1 Å². The molecule has 0 aromatic carbocycles. The van der Waals surface area contributed by atoms with E-state index in [2.05, 4.69) is 26.1 Å². The minimum absolute atomic E-state index is 0.00924. The van der Waals surface area contributed by atoms with Gasteiger partial charge in [-0.15, -0.1) is 11.6 Å². The van der Waals surface area contributed by atoms with Crippen molar-refractivity contribution >= 4 is 17.5 Å². The maximum atomic E-state index is 12.3. The van der Waals surface area contributed by atoms with Crippen LogP contribution in [0, 0.1) is 17.8 Å². The summed E-state index contributed by atoms with van der Waals surface area (Å²) in [5.74, 6) is 1.29. The SMILES string of the molecule is CC(C)CC(CCl)NC(=O)C1C(C)OC(C)C1C. The van der Waals surface area contributed by atoms with Crippen molar-refractivity contribution in [1.82, 2.24) is 5.32 Å². The summed E-state index contributed by atoms with van der Waals surface area (Å²) in [6.45, 7) is 10.4. The van der Waals surface area contributed by atoms with Gasteiger partial charge in [0.05, 0.1) is 18.1 Å². The van der Waals surface area contributed by atoms with E-state index in [1.165, 1.54) is 0 Å². The van der Waals surface area contributed by atoms with Gasteiger partial charge in [-0.25, -0.2) is 0 Å². The molecule has 1 rings (SSSR count). The second kappa shape index (κ2) is 6.76. The highest BCUT2D eigenvalue weighted by Crippen LogP contribution is 2.32. The zero-order valence-electron chi connectivity index (χ0n) is 12.1. The van der Waals surface area contributed by atoms with E-state index in [0.29, 0.717) is 11.8 Å². The lowest BCUT2D eigenvalue weighted by Crippen LogP contribution is -2.44. The van der Waals surface area contributed by atoms with Gasteiger partial charge in [-0.3, -0.25) is 4.79 Å². The van der Waals surface area contributed by atoms with E-state index in [-0.39, 0.29) is 36.0 Å². The average molecular weight is 276 g/mol.